The fraction of sp³-hybridized carbons (Fsp3) is 0.562. The van der Waals surface area contributed by atoms with Gasteiger partial charge >= 0.3 is 0 Å². The third kappa shape index (κ3) is 3.90. The van der Waals surface area contributed by atoms with Crippen LogP contribution in [0.3, 0.4) is 0 Å². The van der Waals surface area contributed by atoms with Crippen LogP contribution in [0.1, 0.15) is 6.92 Å². The van der Waals surface area contributed by atoms with E-state index in [0.29, 0.717) is 17.2 Å². The van der Waals surface area contributed by atoms with Crippen LogP contribution < -0.4 is 14.8 Å². The number of amides is 1. The Morgan fingerprint density at radius 3 is 2.36 bits per heavy atom. The minimum atomic E-state index is -0.151. The molecule has 1 heterocycles. The maximum absolute atomic E-state index is 12.4. The first-order valence-corrected chi connectivity index (χ1v) is 7.50. The van der Waals surface area contributed by atoms with Gasteiger partial charge in [0.1, 0.15) is 0 Å². The molecule has 1 atom stereocenters. The molecule has 1 aliphatic heterocycles. The van der Waals surface area contributed by atoms with Crippen LogP contribution in [-0.4, -0.2) is 69.2 Å². The number of benzene rings is 1. The molecule has 0 aliphatic carbocycles. The largest absolute Gasteiger partial charge is 0.493 e. The molecule has 1 N–H and O–H groups in total. The summed E-state index contributed by atoms with van der Waals surface area (Å²) in [5.41, 5.74) is 0.712. The predicted molar refractivity (Wildman–Crippen MR) is 86.7 cm³/mol. The lowest BCUT2D eigenvalue weighted by Gasteiger charge is -2.35. The Morgan fingerprint density at radius 2 is 1.77 bits per heavy atom. The van der Waals surface area contributed by atoms with Crippen LogP contribution >= 0.6 is 0 Å². The van der Waals surface area contributed by atoms with Crippen LogP contribution in [0.4, 0.5) is 5.69 Å². The standard InChI is InChI=1S/C16H25N3O3/c1-12(19-9-7-18(2)8-10-19)16(20)17-13-5-6-14(21-3)15(11-13)22-4/h5-6,11-12H,7-10H2,1-4H3,(H,17,20)/t12-/m0/s1. The molecule has 1 aromatic carbocycles. The van der Waals surface area contributed by atoms with Crippen LogP contribution in [0.15, 0.2) is 18.2 Å². The van der Waals surface area contributed by atoms with Crippen LogP contribution in [-0.2, 0) is 4.79 Å². The average Bonchev–Trinajstić information content (AvgIpc) is 2.54. The predicted octanol–water partition coefficient (Wildman–Crippen LogP) is 1.28. The van der Waals surface area contributed by atoms with Gasteiger partial charge in [-0.05, 0) is 26.1 Å². The topological polar surface area (TPSA) is 54.0 Å². The zero-order chi connectivity index (χ0) is 16.1. The number of ether oxygens (including phenoxy) is 2. The fourth-order valence-electron chi connectivity index (χ4n) is 2.54. The van der Waals surface area contributed by atoms with Gasteiger partial charge in [0.15, 0.2) is 11.5 Å². The van der Waals surface area contributed by atoms with Crippen LogP contribution in [0.25, 0.3) is 0 Å². The van der Waals surface area contributed by atoms with E-state index in [1.165, 1.54) is 0 Å². The quantitative estimate of drug-likeness (QED) is 0.888. The number of likely N-dealkylation sites (N-methyl/N-ethyl adjacent to an activating group) is 1. The highest BCUT2D eigenvalue weighted by Crippen LogP contribution is 2.29. The average molecular weight is 307 g/mol. The van der Waals surface area contributed by atoms with Crippen LogP contribution in [0.5, 0.6) is 11.5 Å². The Hall–Kier alpha value is -1.79. The van der Waals surface area contributed by atoms with Gasteiger partial charge in [0.25, 0.3) is 0 Å². The van der Waals surface area contributed by atoms with Crippen molar-refractivity contribution in [1.82, 2.24) is 9.80 Å². The van der Waals surface area contributed by atoms with Crippen LogP contribution in [0, 0.1) is 0 Å². The summed E-state index contributed by atoms with van der Waals surface area (Å²) in [4.78, 5) is 16.9. The zero-order valence-corrected chi connectivity index (χ0v) is 13.8. The highest BCUT2D eigenvalue weighted by Gasteiger charge is 2.24. The second-order valence-corrected chi connectivity index (χ2v) is 5.57. The lowest BCUT2D eigenvalue weighted by atomic mass is 10.2. The summed E-state index contributed by atoms with van der Waals surface area (Å²) in [5, 5.41) is 2.95. The molecule has 122 valence electrons. The number of rotatable bonds is 5. The first kappa shape index (κ1) is 16.6. The molecule has 1 amide bonds. The molecule has 0 bridgehead atoms. The summed E-state index contributed by atoms with van der Waals surface area (Å²) in [5.74, 6) is 1.25. The maximum Gasteiger partial charge on any atom is 0.241 e. The minimum absolute atomic E-state index is 0.00299. The fourth-order valence-corrected chi connectivity index (χ4v) is 2.54. The second kappa shape index (κ2) is 7.47. The van der Waals surface area contributed by atoms with Crippen molar-refractivity contribution < 1.29 is 14.3 Å². The van der Waals surface area contributed by atoms with E-state index in [9.17, 15) is 4.79 Å². The number of anilines is 1. The number of hydrogen-bond donors (Lipinski definition) is 1. The van der Waals surface area contributed by atoms with E-state index >= 15 is 0 Å². The highest BCUT2D eigenvalue weighted by molar-refractivity contribution is 5.94. The van der Waals surface area contributed by atoms with E-state index in [1.54, 1.807) is 26.4 Å². The molecule has 1 aliphatic rings. The molecule has 6 nitrogen and oxygen atoms in total. The molecule has 0 saturated carbocycles. The molecule has 0 spiro atoms. The number of nitrogens with one attached hydrogen (secondary N) is 1. The van der Waals surface area contributed by atoms with E-state index < -0.39 is 0 Å². The Labute approximate surface area is 132 Å². The van der Waals surface area contributed by atoms with Crippen molar-refractivity contribution in [3.63, 3.8) is 0 Å². The lowest BCUT2D eigenvalue weighted by molar-refractivity contribution is -0.121. The van der Waals surface area contributed by atoms with Gasteiger partial charge in [-0.15, -0.1) is 0 Å². The summed E-state index contributed by atoms with van der Waals surface area (Å²) in [6, 6.07) is 5.22. The molecule has 0 unspecified atom stereocenters. The molecule has 0 aromatic heterocycles. The number of hydrogen-bond acceptors (Lipinski definition) is 5. The summed E-state index contributed by atoms with van der Waals surface area (Å²) >= 11 is 0. The van der Waals surface area contributed by atoms with Crippen molar-refractivity contribution in [2.45, 2.75) is 13.0 Å². The number of carbonyl (C=O) groups is 1. The molecule has 0 radical (unpaired) electrons. The maximum atomic E-state index is 12.4. The van der Waals surface area contributed by atoms with Gasteiger partial charge in [-0.2, -0.15) is 0 Å². The second-order valence-electron chi connectivity index (χ2n) is 5.57. The molecule has 1 aromatic rings. The molecule has 2 rings (SSSR count). The normalized spacial score (nSPS) is 17.8. The SMILES string of the molecule is COc1ccc(NC(=O)[C@H](C)N2CCN(C)CC2)cc1OC. The van der Waals surface area contributed by atoms with Gasteiger partial charge in [0, 0.05) is 37.9 Å². The van der Waals surface area contributed by atoms with Crippen molar-refractivity contribution in [3.8, 4) is 11.5 Å². The molecule has 1 fully saturated rings. The highest BCUT2D eigenvalue weighted by atomic mass is 16.5. The van der Waals surface area contributed by atoms with Gasteiger partial charge in [-0.3, -0.25) is 9.69 Å². The zero-order valence-electron chi connectivity index (χ0n) is 13.8. The Kier molecular flexibility index (Phi) is 5.63. The van der Waals surface area contributed by atoms with Crippen molar-refractivity contribution in [1.29, 1.82) is 0 Å². The first-order valence-electron chi connectivity index (χ1n) is 7.50. The van der Waals surface area contributed by atoms with E-state index in [-0.39, 0.29) is 11.9 Å². The van der Waals surface area contributed by atoms with Crippen molar-refractivity contribution >= 4 is 11.6 Å². The molecular formula is C16H25N3O3. The van der Waals surface area contributed by atoms with Crippen LogP contribution in [0.2, 0.25) is 0 Å². The summed E-state index contributed by atoms with van der Waals surface area (Å²) < 4.78 is 10.5. The molecular weight excluding hydrogens is 282 g/mol. The third-order valence-corrected chi connectivity index (χ3v) is 4.12. The minimum Gasteiger partial charge on any atom is -0.493 e. The van der Waals surface area contributed by atoms with Gasteiger partial charge in [-0.1, -0.05) is 0 Å². The van der Waals surface area contributed by atoms with Gasteiger partial charge in [0.2, 0.25) is 5.91 Å². The Balaban J connectivity index is 1.99. The lowest BCUT2D eigenvalue weighted by Crippen LogP contribution is -2.51. The van der Waals surface area contributed by atoms with E-state index in [2.05, 4.69) is 22.2 Å². The summed E-state index contributed by atoms with van der Waals surface area (Å²) in [7, 11) is 5.27. The van der Waals surface area contributed by atoms with Gasteiger partial charge < -0.3 is 19.7 Å². The van der Waals surface area contributed by atoms with Crippen molar-refractivity contribution in [3.05, 3.63) is 18.2 Å². The number of methoxy groups -OCH3 is 2. The van der Waals surface area contributed by atoms with E-state index in [0.717, 1.165) is 26.2 Å². The van der Waals surface area contributed by atoms with E-state index in [1.807, 2.05) is 13.0 Å². The molecule has 22 heavy (non-hydrogen) atoms. The Morgan fingerprint density at radius 1 is 1.14 bits per heavy atom. The number of nitrogens with zero attached hydrogens (tertiary/aromatic N) is 2. The molecule has 1 saturated heterocycles. The number of carbonyl (C=O) groups excluding carboxylic acids is 1. The van der Waals surface area contributed by atoms with Gasteiger partial charge in [0.05, 0.1) is 20.3 Å². The first-order chi connectivity index (χ1) is 10.5. The Bertz CT molecular complexity index is 513. The number of piperazine rings is 1. The van der Waals surface area contributed by atoms with E-state index in [4.69, 9.17) is 9.47 Å². The van der Waals surface area contributed by atoms with Gasteiger partial charge in [-0.25, -0.2) is 0 Å². The molecule has 6 heteroatoms. The summed E-state index contributed by atoms with van der Waals surface area (Å²) in [6.45, 7) is 5.76. The smallest absolute Gasteiger partial charge is 0.241 e. The monoisotopic (exact) mass is 307 g/mol. The third-order valence-electron chi connectivity index (χ3n) is 4.12. The van der Waals surface area contributed by atoms with Crippen molar-refractivity contribution in [2.75, 3.05) is 52.8 Å². The summed E-state index contributed by atoms with van der Waals surface area (Å²) in [6.07, 6.45) is 0. The van der Waals surface area contributed by atoms with Crippen molar-refractivity contribution in [2.24, 2.45) is 0 Å².